The van der Waals surface area contributed by atoms with E-state index in [1.807, 2.05) is 11.8 Å². The van der Waals surface area contributed by atoms with Crippen LogP contribution in [0.4, 0.5) is 11.5 Å². The van der Waals surface area contributed by atoms with Crippen LogP contribution in [-0.2, 0) is 9.53 Å². The first-order chi connectivity index (χ1) is 13.9. The van der Waals surface area contributed by atoms with Crippen LogP contribution in [0.15, 0.2) is 36.5 Å². The van der Waals surface area contributed by atoms with Crippen molar-refractivity contribution >= 4 is 23.1 Å². The van der Waals surface area contributed by atoms with Crippen molar-refractivity contribution in [1.29, 1.82) is 5.41 Å². The summed E-state index contributed by atoms with van der Waals surface area (Å²) in [6, 6.07) is 8.80. The second-order valence-corrected chi connectivity index (χ2v) is 6.67. The molecule has 8 nitrogen and oxygen atoms in total. The standard InChI is InChI=1S/C21H29N5O3/c1-5-26(14-20(27)25(2)3)19-12-15(8-9-24-19)21(23)17-13-16(6-7-18(17)22)29-11-10-28-4/h6-9,12-13,23H,5,10-11,14,22H2,1-4H3. The highest BCUT2D eigenvalue weighted by Crippen LogP contribution is 2.24. The Bertz CT molecular complexity index is 854. The zero-order chi connectivity index (χ0) is 21.4. The Balaban J connectivity index is 2.26. The average molecular weight is 399 g/mol. The number of nitrogens with zero attached hydrogens (tertiary/aromatic N) is 3. The van der Waals surface area contributed by atoms with Gasteiger partial charge in [-0.15, -0.1) is 0 Å². The highest BCUT2D eigenvalue weighted by Gasteiger charge is 2.16. The van der Waals surface area contributed by atoms with Crippen LogP contribution in [0.5, 0.6) is 5.75 Å². The summed E-state index contributed by atoms with van der Waals surface area (Å²) in [6.07, 6.45) is 1.64. The van der Waals surface area contributed by atoms with Crippen molar-refractivity contribution in [3.8, 4) is 5.75 Å². The number of anilines is 2. The Morgan fingerprint density at radius 2 is 1.97 bits per heavy atom. The zero-order valence-electron chi connectivity index (χ0n) is 17.4. The molecule has 1 amide bonds. The molecule has 0 spiro atoms. The number of rotatable bonds is 10. The Labute approximate surface area is 171 Å². The third-order valence-corrected chi connectivity index (χ3v) is 4.42. The minimum atomic E-state index is -0.0146. The molecule has 1 aromatic heterocycles. The number of carbonyl (C=O) groups is 1. The highest BCUT2D eigenvalue weighted by molar-refractivity contribution is 6.14. The molecule has 1 aromatic carbocycles. The second kappa shape index (κ2) is 10.4. The van der Waals surface area contributed by atoms with E-state index in [0.717, 1.165) is 0 Å². The van der Waals surface area contributed by atoms with Crippen LogP contribution >= 0.6 is 0 Å². The molecule has 0 unspecified atom stereocenters. The first kappa shape index (κ1) is 22.2. The van der Waals surface area contributed by atoms with Crippen molar-refractivity contribution in [3.63, 3.8) is 0 Å². The Hall–Kier alpha value is -3.13. The molecule has 0 bridgehead atoms. The van der Waals surface area contributed by atoms with Crippen LogP contribution in [0, 0.1) is 5.41 Å². The normalized spacial score (nSPS) is 10.5. The zero-order valence-corrected chi connectivity index (χ0v) is 17.4. The Morgan fingerprint density at radius 3 is 2.62 bits per heavy atom. The van der Waals surface area contributed by atoms with Crippen molar-refractivity contribution in [3.05, 3.63) is 47.7 Å². The number of hydrogen-bond acceptors (Lipinski definition) is 7. The lowest BCUT2D eigenvalue weighted by Gasteiger charge is -2.23. The second-order valence-electron chi connectivity index (χ2n) is 6.67. The van der Waals surface area contributed by atoms with Gasteiger partial charge in [0, 0.05) is 50.8 Å². The summed E-state index contributed by atoms with van der Waals surface area (Å²) < 4.78 is 10.6. The van der Waals surface area contributed by atoms with Gasteiger partial charge in [0.05, 0.1) is 18.9 Å². The van der Waals surface area contributed by atoms with E-state index in [4.69, 9.17) is 20.6 Å². The molecule has 0 aliphatic rings. The largest absolute Gasteiger partial charge is 0.491 e. The van der Waals surface area contributed by atoms with Crippen LogP contribution in [0.1, 0.15) is 18.1 Å². The van der Waals surface area contributed by atoms with Crippen LogP contribution in [0.2, 0.25) is 0 Å². The van der Waals surface area contributed by atoms with Gasteiger partial charge in [-0.2, -0.15) is 0 Å². The molecule has 2 aromatic rings. The smallest absolute Gasteiger partial charge is 0.241 e. The van der Waals surface area contributed by atoms with Gasteiger partial charge in [-0.25, -0.2) is 4.98 Å². The Kier molecular flexibility index (Phi) is 7.97. The molecule has 1 heterocycles. The molecule has 3 N–H and O–H groups in total. The number of nitrogens with two attached hydrogens (primary N) is 1. The number of amides is 1. The molecular formula is C21H29N5O3. The van der Waals surface area contributed by atoms with Gasteiger partial charge >= 0.3 is 0 Å². The van der Waals surface area contributed by atoms with Crippen LogP contribution < -0.4 is 15.4 Å². The summed E-state index contributed by atoms with van der Waals surface area (Å²) in [5.74, 6) is 1.24. The maximum atomic E-state index is 12.1. The molecule has 29 heavy (non-hydrogen) atoms. The number of pyridine rings is 1. The summed E-state index contributed by atoms with van der Waals surface area (Å²) in [4.78, 5) is 19.9. The molecule has 0 aliphatic carbocycles. The topological polar surface area (TPSA) is 105 Å². The summed E-state index contributed by atoms with van der Waals surface area (Å²) in [7, 11) is 5.06. The lowest BCUT2D eigenvalue weighted by molar-refractivity contribution is -0.127. The average Bonchev–Trinajstić information content (AvgIpc) is 2.72. The summed E-state index contributed by atoms with van der Waals surface area (Å²) >= 11 is 0. The monoisotopic (exact) mass is 399 g/mol. The van der Waals surface area contributed by atoms with E-state index in [0.29, 0.717) is 48.1 Å². The summed E-state index contributed by atoms with van der Waals surface area (Å²) in [5, 5.41) is 8.64. The van der Waals surface area contributed by atoms with Crippen molar-refractivity contribution in [2.75, 3.05) is 58.1 Å². The van der Waals surface area contributed by atoms with Crippen LogP contribution in [0.25, 0.3) is 0 Å². The lowest BCUT2D eigenvalue weighted by atomic mass is 10.0. The van der Waals surface area contributed by atoms with E-state index >= 15 is 0 Å². The van der Waals surface area contributed by atoms with Gasteiger partial charge in [-0.3, -0.25) is 10.2 Å². The fourth-order valence-electron chi connectivity index (χ4n) is 2.65. The van der Waals surface area contributed by atoms with E-state index in [1.54, 1.807) is 62.6 Å². The lowest BCUT2D eigenvalue weighted by Crippen LogP contribution is -2.37. The molecule has 0 aliphatic heterocycles. The summed E-state index contributed by atoms with van der Waals surface area (Å²) in [6.45, 7) is 3.69. The number of likely N-dealkylation sites (N-methyl/N-ethyl adjacent to an activating group) is 2. The van der Waals surface area contributed by atoms with Gasteiger partial charge in [0.2, 0.25) is 5.91 Å². The van der Waals surface area contributed by atoms with Gasteiger partial charge < -0.3 is 25.0 Å². The van der Waals surface area contributed by atoms with Gasteiger partial charge in [0.25, 0.3) is 0 Å². The first-order valence-electron chi connectivity index (χ1n) is 9.39. The molecule has 8 heteroatoms. The van der Waals surface area contributed by atoms with Crippen molar-refractivity contribution < 1.29 is 14.3 Å². The first-order valence-corrected chi connectivity index (χ1v) is 9.39. The minimum absolute atomic E-state index is 0.0146. The van der Waals surface area contributed by atoms with Crippen molar-refractivity contribution in [1.82, 2.24) is 9.88 Å². The fraction of sp³-hybridized carbons (Fsp3) is 0.381. The molecule has 2 rings (SSSR count). The maximum Gasteiger partial charge on any atom is 0.241 e. The third-order valence-electron chi connectivity index (χ3n) is 4.42. The van der Waals surface area contributed by atoms with Gasteiger partial charge in [-0.1, -0.05) is 0 Å². The number of ether oxygens (including phenoxy) is 2. The third kappa shape index (κ3) is 5.92. The van der Waals surface area contributed by atoms with Crippen LogP contribution in [-0.4, -0.2) is 69.0 Å². The minimum Gasteiger partial charge on any atom is -0.491 e. The molecule has 0 radical (unpaired) electrons. The van der Waals surface area contributed by atoms with Gasteiger partial charge in [0.1, 0.15) is 18.2 Å². The SMILES string of the molecule is CCN(CC(=O)N(C)C)c1cc(C(=N)c2cc(OCCOC)ccc2N)ccn1. The number of carbonyl (C=O) groups excluding carboxylic acids is 1. The molecule has 0 saturated heterocycles. The van der Waals surface area contributed by atoms with Crippen molar-refractivity contribution in [2.24, 2.45) is 0 Å². The number of benzene rings is 1. The highest BCUT2D eigenvalue weighted by atomic mass is 16.5. The van der Waals surface area contributed by atoms with Crippen molar-refractivity contribution in [2.45, 2.75) is 6.92 Å². The van der Waals surface area contributed by atoms with E-state index in [2.05, 4.69) is 4.98 Å². The summed E-state index contributed by atoms with van der Waals surface area (Å²) in [5.41, 5.74) is 8.09. The van der Waals surface area contributed by atoms with E-state index in [1.165, 1.54) is 0 Å². The number of aromatic nitrogens is 1. The number of hydrogen-bond donors (Lipinski definition) is 2. The van der Waals surface area contributed by atoms with Gasteiger partial charge in [-0.05, 0) is 37.3 Å². The predicted molar refractivity (Wildman–Crippen MR) is 115 cm³/mol. The Morgan fingerprint density at radius 1 is 1.21 bits per heavy atom. The molecule has 0 saturated carbocycles. The quantitative estimate of drug-likeness (QED) is 0.360. The van der Waals surface area contributed by atoms with E-state index in [9.17, 15) is 4.79 Å². The van der Waals surface area contributed by atoms with E-state index in [-0.39, 0.29) is 18.2 Å². The molecule has 0 atom stereocenters. The predicted octanol–water partition coefficient (Wildman–Crippen LogP) is 2.02. The van der Waals surface area contributed by atoms with E-state index < -0.39 is 0 Å². The molecule has 156 valence electrons. The molecule has 0 fully saturated rings. The molecular weight excluding hydrogens is 370 g/mol. The van der Waals surface area contributed by atoms with Crippen LogP contribution in [0.3, 0.4) is 0 Å². The fourth-order valence-corrected chi connectivity index (χ4v) is 2.65. The number of nitrogens with one attached hydrogen (secondary N) is 1. The number of nitrogen functional groups attached to an aromatic ring is 1. The van der Waals surface area contributed by atoms with Gasteiger partial charge in [0.15, 0.2) is 0 Å². The maximum absolute atomic E-state index is 12.1. The number of methoxy groups -OCH3 is 1.